The van der Waals surface area contributed by atoms with E-state index in [4.69, 9.17) is 4.74 Å². The zero-order valence-electron chi connectivity index (χ0n) is 15.0. The zero-order valence-corrected chi connectivity index (χ0v) is 16.7. The number of nitrogens with one attached hydrogen (secondary N) is 2. The van der Waals surface area contributed by atoms with Crippen molar-refractivity contribution in [2.75, 3.05) is 17.7 Å². The first-order chi connectivity index (χ1) is 13.8. The van der Waals surface area contributed by atoms with Crippen molar-refractivity contribution in [2.24, 2.45) is 0 Å². The number of hydrogen-bond donors (Lipinski definition) is 3. The number of rotatable bonds is 8. The molecule has 2 atom stereocenters. The van der Waals surface area contributed by atoms with Crippen LogP contribution in [0.5, 0.6) is 0 Å². The van der Waals surface area contributed by atoms with Crippen molar-refractivity contribution >= 4 is 58.4 Å². The summed E-state index contributed by atoms with van der Waals surface area (Å²) < 4.78 is 4.87. The monoisotopic (exact) mass is 440 g/mol. The number of thiazole rings is 1. The molecule has 3 amide bonds. The SMILES string of the molecule is CC(=O)OCC1=C(C(=O)O)N2C(=O)[C@@H](NC(=O)Cc3csc(NC=O)n3)[C@H]2SC1. The summed E-state index contributed by atoms with van der Waals surface area (Å²) in [7, 11) is 0. The number of carboxylic acid groups (broad SMARTS) is 1. The minimum atomic E-state index is -1.30. The van der Waals surface area contributed by atoms with Gasteiger partial charge in [0.1, 0.15) is 23.7 Å². The standard InChI is InChI=1S/C16H16N4O7S2/c1-7(22)27-3-8-4-28-14-11(13(24)20(14)12(8)15(25)26)19-10(23)2-9-5-29-16(18-9)17-6-21/h5-6,11,14H,2-4H2,1H3,(H,19,23)(H,25,26)(H,17,18,21)/t11-,14-/m1/s1. The average molecular weight is 440 g/mol. The first kappa shape index (κ1) is 20.8. The number of aromatic nitrogens is 1. The van der Waals surface area contributed by atoms with Gasteiger partial charge < -0.3 is 20.5 Å². The van der Waals surface area contributed by atoms with Crippen LogP contribution in [0.15, 0.2) is 16.7 Å². The second-order valence-electron chi connectivity index (χ2n) is 6.08. The van der Waals surface area contributed by atoms with E-state index >= 15 is 0 Å². The van der Waals surface area contributed by atoms with Crippen LogP contribution in [0.4, 0.5) is 5.13 Å². The summed E-state index contributed by atoms with van der Waals surface area (Å²) in [6.07, 6.45) is 0.394. The predicted octanol–water partition coefficient (Wildman–Crippen LogP) is -0.444. The Morgan fingerprint density at radius 2 is 2.21 bits per heavy atom. The molecule has 3 heterocycles. The highest BCUT2D eigenvalue weighted by molar-refractivity contribution is 8.00. The van der Waals surface area contributed by atoms with Crippen LogP contribution in [-0.2, 0) is 35.1 Å². The molecule has 3 rings (SSSR count). The Hall–Kier alpha value is -2.93. The number of carbonyl (C=O) groups is 5. The van der Waals surface area contributed by atoms with Crippen molar-refractivity contribution in [3.8, 4) is 0 Å². The number of esters is 1. The number of carboxylic acids is 1. The summed E-state index contributed by atoms with van der Waals surface area (Å²) in [6, 6.07) is -0.858. The number of thioether (sulfide) groups is 1. The summed E-state index contributed by atoms with van der Waals surface area (Å²) in [6.45, 7) is 0.999. The van der Waals surface area contributed by atoms with Gasteiger partial charge in [-0.1, -0.05) is 0 Å². The number of β-lactam (4-membered cyclic amide) rings is 1. The molecule has 1 aromatic rings. The molecule has 29 heavy (non-hydrogen) atoms. The Bertz CT molecular complexity index is 913. The highest BCUT2D eigenvalue weighted by Crippen LogP contribution is 2.40. The molecule has 1 saturated heterocycles. The molecule has 0 bridgehead atoms. The third-order valence-corrected chi connectivity index (χ3v) is 6.25. The molecule has 2 aliphatic rings. The van der Waals surface area contributed by atoms with Gasteiger partial charge in [-0.15, -0.1) is 23.1 Å². The van der Waals surface area contributed by atoms with Gasteiger partial charge in [0.05, 0.1) is 12.1 Å². The normalized spacial score (nSPS) is 20.4. The molecule has 0 saturated carbocycles. The van der Waals surface area contributed by atoms with Gasteiger partial charge in [-0.3, -0.25) is 24.1 Å². The van der Waals surface area contributed by atoms with Crippen molar-refractivity contribution in [1.29, 1.82) is 0 Å². The number of ether oxygens (including phenoxy) is 1. The molecule has 1 aromatic heterocycles. The molecule has 13 heteroatoms. The Morgan fingerprint density at radius 1 is 1.45 bits per heavy atom. The number of nitrogens with zero attached hydrogens (tertiary/aromatic N) is 2. The van der Waals surface area contributed by atoms with Gasteiger partial charge in [0.25, 0.3) is 5.91 Å². The minimum absolute atomic E-state index is 0.0858. The Balaban J connectivity index is 1.65. The lowest BCUT2D eigenvalue weighted by atomic mass is 10.0. The van der Waals surface area contributed by atoms with Crippen LogP contribution in [0.25, 0.3) is 0 Å². The maximum atomic E-state index is 12.5. The molecular formula is C16H16N4O7S2. The minimum Gasteiger partial charge on any atom is -0.477 e. The van der Waals surface area contributed by atoms with Crippen LogP contribution in [0.1, 0.15) is 12.6 Å². The third kappa shape index (κ3) is 4.40. The van der Waals surface area contributed by atoms with E-state index < -0.39 is 35.2 Å². The number of amides is 3. The van der Waals surface area contributed by atoms with E-state index in [2.05, 4.69) is 15.6 Å². The first-order valence-electron chi connectivity index (χ1n) is 8.29. The van der Waals surface area contributed by atoms with Crippen molar-refractivity contribution in [1.82, 2.24) is 15.2 Å². The fraction of sp³-hybridized carbons (Fsp3) is 0.375. The number of fused-ring (bicyclic) bond motifs is 1. The van der Waals surface area contributed by atoms with Crippen LogP contribution < -0.4 is 10.6 Å². The molecule has 0 aromatic carbocycles. The molecule has 0 radical (unpaired) electrons. The van der Waals surface area contributed by atoms with E-state index in [1.165, 1.54) is 18.7 Å². The van der Waals surface area contributed by atoms with Crippen molar-refractivity contribution in [3.63, 3.8) is 0 Å². The van der Waals surface area contributed by atoms with Crippen molar-refractivity contribution in [3.05, 3.63) is 22.3 Å². The highest BCUT2D eigenvalue weighted by Gasteiger charge is 2.54. The molecule has 0 spiro atoms. The summed E-state index contributed by atoms with van der Waals surface area (Å²) in [5, 5.41) is 15.9. The zero-order chi connectivity index (χ0) is 21.1. The van der Waals surface area contributed by atoms with Crippen LogP contribution in [-0.4, -0.2) is 68.9 Å². The molecule has 11 nitrogen and oxygen atoms in total. The summed E-state index contributed by atoms with van der Waals surface area (Å²) in [5.41, 5.74) is 0.547. The lowest BCUT2D eigenvalue weighted by molar-refractivity contribution is -0.151. The lowest BCUT2D eigenvalue weighted by Crippen LogP contribution is -2.70. The number of anilines is 1. The van der Waals surface area contributed by atoms with Gasteiger partial charge in [-0.05, 0) is 0 Å². The molecule has 0 unspecified atom stereocenters. The molecular weight excluding hydrogens is 424 g/mol. The molecule has 1 fully saturated rings. The van der Waals surface area contributed by atoms with E-state index in [0.717, 1.165) is 16.2 Å². The second-order valence-corrected chi connectivity index (χ2v) is 8.04. The van der Waals surface area contributed by atoms with E-state index in [-0.39, 0.29) is 24.5 Å². The fourth-order valence-electron chi connectivity index (χ4n) is 2.88. The smallest absolute Gasteiger partial charge is 0.352 e. The Labute approximate surface area is 172 Å². The number of aliphatic carboxylic acids is 1. The number of carbonyl (C=O) groups excluding carboxylic acids is 4. The predicted molar refractivity (Wildman–Crippen MR) is 102 cm³/mol. The van der Waals surface area contributed by atoms with Crippen LogP contribution >= 0.6 is 23.1 Å². The van der Waals surface area contributed by atoms with Crippen LogP contribution in [0.2, 0.25) is 0 Å². The van der Waals surface area contributed by atoms with Crippen molar-refractivity contribution < 1.29 is 33.8 Å². The molecule has 154 valence electrons. The summed E-state index contributed by atoms with van der Waals surface area (Å²) in [4.78, 5) is 63.0. The van der Waals surface area contributed by atoms with E-state index in [9.17, 15) is 29.1 Å². The maximum absolute atomic E-state index is 12.5. The highest BCUT2D eigenvalue weighted by atomic mass is 32.2. The van der Waals surface area contributed by atoms with Gasteiger partial charge >= 0.3 is 11.9 Å². The van der Waals surface area contributed by atoms with Gasteiger partial charge in [0, 0.05) is 23.6 Å². The fourth-order valence-corrected chi connectivity index (χ4v) is 4.87. The first-order valence-corrected chi connectivity index (χ1v) is 10.2. The van der Waals surface area contributed by atoms with Gasteiger partial charge in [0.15, 0.2) is 5.13 Å². The third-order valence-electron chi connectivity index (χ3n) is 4.09. The van der Waals surface area contributed by atoms with Gasteiger partial charge in [-0.2, -0.15) is 0 Å². The van der Waals surface area contributed by atoms with Crippen molar-refractivity contribution in [2.45, 2.75) is 24.8 Å². The Morgan fingerprint density at radius 3 is 2.86 bits per heavy atom. The van der Waals surface area contributed by atoms with E-state index in [1.807, 2.05) is 0 Å². The quantitative estimate of drug-likeness (QED) is 0.277. The summed E-state index contributed by atoms with van der Waals surface area (Å²) in [5.74, 6) is -2.59. The average Bonchev–Trinajstić information content (AvgIpc) is 3.10. The Kier molecular flexibility index (Phi) is 6.17. The number of hydrogen-bond acceptors (Lipinski definition) is 9. The largest absolute Gasteiger partial charge is 0.477 e. The molecule has 0 aliphatic carbocycles. The van der Waals surface area contributed by atoms with E-state index in [1.54, 1.807) is 5.38 Å². The maximum Gasteiger partial charge on any atom is 0.352 e. The topological polar surface area (TPSA) is 155 Å². The summed E-state index contributed by atoms with van der Waals surface area (Å²) >= 11 is 2.44. The van der Waals surface area contributed by atoms with Crippen LogP contribution in [0, 0.1) is 0 Å². The van der Waals surface area contributed by atoms with Gasteiger partial charge in [0.2, 0.25) is 12.3 Å². The molecule has 2 aliphatic heterocycles. The van der Waals surface area contributed by atoms with Gasteiger partial charge in [-0.25, -0.2) is 9.78 Å². The second kappa shape index (κ2) is 8.61. The lowest BCUT2D eigenvalue weighted by Gasteiger charge is -2.49. The van der Waals surface area contributed by atoms with Crippen LogP contribution in [0.3, 0.4) is 0 Å². The van der Waals surface area contributed by atoms with E-state index in [0.29, 0.717) is 22.8 Å². The molecule has 3 N–H and O–H groups in total.